The molecule has 0 radical (unpaired) electrons. The van der Waals surface area contributed by atoms with Crippen LogP contribution in [0.3, 0.4) is 0 Å². The van der Waals surface area contributed by atoms with E-state index in [4.69, 9.17) is 16.9 Å². The second-order valence-electron chi connectivity index (χ2n) is 9.98. The van der Waals surface area contributed by atoms with Crippen LogP contribution in [0, 0.1) is 11.3 Å². The summed E-state index contributed by atoms with van der Waals surface area (Å²) in [5.41, 5.74) is 2.64. The minimum Gasteiger partial charge on any atom is -0.343 e. The number of halogens is 1. The summed E-state index contributed by atoms with van der Waals surface area (Å²) in [7, 11) is -3.71. The Kier molecular flexibility index (Phi) is 7.03. The van der Waals surface area contributed by atoms with Crippen LogP contribution in [0.5, 0.6) is 0 Å². The highest BCUT2D eigenvalue weighted by molar-refractivity contribution is 7.89. The molecule has 1 amide bonds. The molecule has 0 atom stereocenters. The van der Waals surface area contributed by atoms with Crippen LogP contribution in [0.2, 0.25) is 5.02 Å². The lowest BCUT2D eigenvalue weighted by molar-refractivity contribution is -0.124. The first-order valence-electron chi connectivity index (χ1n) is 12.5. The number of nitriles is 1. The Morgan fingerprint density at radius 3 is 2.68 bits per heavy atom. The van der Waals surface area contributed by atoms with Crippen LogP contribution in [0.25, 0.3) is 10.9 Å². The van der Waals surface area contributed by atoms with Crippen LogP contribution in [0.1, 0.15) is 43.9 Å². The third-order valence-electron chi connectivity index (χ3n) is 7.56. The smallest absolute Gasteiger partial charge is 0.238 e. The van der Waals surface area contributed by atoms with E-state index in [0.29, 0.717) is 43.8 Å². The molecular formula is C27H28ClN5O4S. The lowest BCUT2D eigenvalue weighted by Gasteiger charge is -2.37. The van der Waals surface area contributed by atoms with Gasteiger partial charge < -0.3 is 9.47 Å². The first kappa shape index (κ1) is 26.4. The number of carbonyl (C=O) groups excluding carboxylic acids is 2. The van der Waals surface area contributed by atoms with Gasteiger partial charge >= 0.3 is 0 Å². The Morgan fingerprint density at radius 2 is 1.97 bits per heavy atom. The van der Waals surface area contributed by atoms with E-state index < -0.39 is 27.0 Å². The number of sulfonamides is 1. The standard InChI is InChI=1S/C27H28ClN5O4S/c1-19(34)18-38(36,37)31-12-7-27(8-13-31)23-6-10-30-16-25(23)33(26(27)35)17-22-15-20-14-21(28)4-5-24(20)32(22)11-3-2-9-29/h4-6,10,14-16H,2-3,7-8,11-13,17-18H2,1H3. The summed E-state index contributed by atoms with van der Waals surface area (Å²) in [6, 6.07) is 11.7. The summed E-state index contributed by atoms with van der Waals surface area (Å²) in [6.45, 7) is 2.54. The van der Waals surface area contributed by atoms with E-state index in [1.165, 1.54) is 11.2 Å². The monoisotopic (exact) mass is 553 g/mol. The topological polar surface area (TPSA) is 116 Å². The highest BCUT2D eigenvalue weighted by Gasteiger charge is 2.53. The number of hydrogen-bond acceptors (Lipinski definition) is 6. The fourth-order valence-corrected chi connectivity index (χ4v) is 7.41. The number of piperidine rings is 1. The van der Waals surface area contributed by atoms with Gasteiger partial charge in [0.05, 0.1) is 29.9 Å². The zero-order valence-electron chi connectivity index (χ0n) is 21.1. The van der Waals surface area contributed by atoms with Crippen LogP contribution in [-0.2, 0) is 38.1 Å². The molecule has 38 heavy (non-hydrogen) atoms. The van der Waals surface area contributed by atoms with Crippen LogP contribution in [0.15, 0.2) is 42.7 Å². The molecular weight excluding hydrogens is 526 g/mol. The predicted octanol–water partition coefficient (Wildman–Crippen LogP) is 3.79. The maximum Gasteiger partial charge on any atom is 0.238 e. The number of aryl methyl sites for hydroxylation is 1. The van der Waals surface area contributed by atoms with Gasteiger partial charge in [0.15, 0.2) is 0 Å². The zero-order valence-corrected chi connectivity index (χ0v) is 22.6. The maximum absolute atomic E-state index is 14.1. The van der Waals surface area contributed by atoms with E-state index in [-0.39, 0.29) is 19.0 Å². The molecule has 0 saturated carbocycles. The molecule has 11 heteroatoms. The molecule has 0 unspecified atom stereocenters. The van der Waals surface area contributed by atoms with Gasteiger partial charge in [-0.25, -0.2) is 12.7 Å². The van der Waals surface area contributed by atoms with Crippen molar-refractivity contribution in [2.75, 3.05) is 23.7 Å². The summed E-state index contributed by atoms with van der Waals surface area (Å²) in [6.07, 6.45) is 5.12. The van der Waals surface area contributed by atoms with Crippen molar-refractivity contribution in [1.29, 1.82) is 5.26 Å². The molecule has 1 fully saturated rings. The number of amides is 1. The molecule has 0 bridgehead atoms. The SMILES string of the molecule is CC(=O)CS(=O)(=O)N1CCC2(CC1)C(=O)N(Cc1cc3cc(Cl)ccc3n1CCCC#N)c1cnccc12. The minimum absolute atomic E-state index is 0.0732. The quantitative estimate of drug-likeness (QED) is 0.392. The molecule has 0 aliphatic carbocycles. The molecule has 4 heterocycles. The van der Waals surface area contributed by atoms with E-state index in [1.807, 2.05) is 30.3 Å². The van der Waals surface area contributed by atoms with Gasteiger partial charge in [0.2, 0.25) is 15.9 Å². The predicted molar refractivity (Wildman–Crippen MR) is 144 cm³/mol. The van der Waals surface area contributed by atoms with Crippen LogP contribution < -0.4 is 4.90 Å². The molecule has 3 aromatic rings. The van der Waals surface area contributed by atoms with Crippen LogP contribution >= 0.6 is 11.6 Å². The summed E-state index contributed by atoms with van der Waals surface area (Å²) in [5, 5.41) is 10.6. The van der Waals surface area contributed by atoms with Crippen molar-refractivity contribution in [3.63, 3.8) is 0 Å². The van der Waals surface area contributed by atoms with Gasteiger partial charge in [-0.05, 0) is 62.1 Å². The summed E-state index contributed by atoms with van der Waals surface area (Å²) >= 11 is 6.25. The minimum atomic E-state index is -3.71. The second kappa shape index (κ2) is 10.1. The fraction of sp³-hybridized carbons (Fsp3) is 0.407. The summed E-state index contributed by atoms with van der Waals surface area (Å²) in [4.78, 5) is 31.6. The number of ketones is 1. The number of nitrogens with zero attached hydrogens (tertiary/aromatic N) is 5. The van der Waals surface area contributed by atoms with Crippen molar-refractivity contribution in [2.24, 2.45) is 0 Å². The average molecular weight is 554 g/mol. The third kappa shape index (κ3) is 4.59. The second-order valence-corrected chi connectivity index (χ2v) is 12.4. The van der Waals surface area contributed by atoms with E-state index in [0.717, 1.165) is 27.8 Å². The van der Waals surface area contributed by atoms with Crippen LogP contribution in [-0.4, -0.2) is 52.8 Å². The fourth-order valence-electron chi connectivity index (χ4n) is 5.80. The summed E-state index contributed by atoms with van der Waals surface area (Å²) < 4.78 is 28.8. The Morgan fingerprint density at radius 1 is 1.21 bits per heavy atom. The first-order valence-corrected chi connectivity index (χ1v) is 14.5. The number of unbranched alkanes of at least 4 members (excludes halogenated alkanes) is 1. The molecule has 2 aliphatic rings. The molecule has 1 saturated heterocycles. The highest BCUT2D eigenvalue weighted by atomic mass is 35.5. The molecule has 9 nitrogen and oxygen atoms in total. The number of pyridine rings is 1. The van der Waals surface area contributed by atoms with E-state index >= 15 is 0 Å². The molecule has 5 rings (SSSR count). The molecule has 1 spiro atoms. The molecule has 2 aliphatic heterocycles. The Bertz CT molecular complexity index is 1570. The van der Waals surface area contributed by atoms with Crippen molar-refractivity contribution in [3.05, 3.63) is 59.0 Å². The number of Topliss-reactive ketones (excluding diaryl/α,β-unsaturated/α-hetero) is 1. The Balaban J connectivity index is 1.47. The number of rotatable bonds is 8. The largest absolute Gasteiger partial charge is 0.343 e. The van der Waals surface area contributed by atoms with Gasteiger partial charge in [-0.2, -0.15) is 5.26 Å². The van der Waals surface area contributed by atoms with Gasteiger partial charge in [0.1, 0.15) is 11.5 Å². The van der Waals surface area contributed by atoms with Crippen molar-refractivity contribution in [1.82, 2.24) is 13.9 Å². The van der Waals surface area contributed by atoms with Crippen molar-refractivity contribution >= 4 is 49.9 Å². The number of fused-ring (bicyclic) bond motifs is 3. The van der Waals surface area contributed by atoms with Gasteiger partial charge in [-0.1, -0.05) is 11.6 Å². The molecule has 2 aromatic heterocycles. The van der Waals surface area contributed by atoms with Gasteiger partial charge in [0, 0.05) is 53.9 Å². The lowest BCUT2D eigenvalue weighted by Crippen LogP contribution is -2.50. The van der Waals surface area contributed by atoms with Gasteiger partial charge in [-0.3, -0.25) is 14.6 Å². The highest BCUT2D eigenvalue weighted by Crippen LogP contribution is 2.48. The maximum atomic E-state index is 14.1. The molecule has 198 valence electrons. The number of hydrogen-bond donors (Lipinski definition) is 0. The van der Waals surface area contributed by atoms with E-state index in [2.05, 4.69) is 15.6 Å². The lowest BCUT2D eigenvalue weighted by atomic mass is 9.74. The zero-order chi connectivity index (χ0) is 27.1. The first-order chi connectivity index (χ1) is 18.2. The Labute approximate surface area is 226 Å². The van der Waals surface area contributed by atoms with E-state index in [1.54, 1.807) is 17.3 Å². The average Bonchev–Trinajstić information content (AvgIpc) is 3.32. The molecule has 1 aromatic carbocycles. The number of anilines is 1. The number of aromatic nitrogens is 2. The van der Waals surface area contributed by atoms with Crippen molar-refractivity contribution < 1.29 is 18.0 Å². The summed E-state index contributed by atoms with van der Waals surface area (Å²) in [5.74, 6) is -1.01. The molecule has 0 N–H and O–H groups in total. The third-order valence-corrected chi connectivity index (χ3v) is 9.71. The number of carbonyl (C=O) groups is 2. The normalized spacial score (nSPS) is 17.2. The van der Waals surface area contributed by atoms with Gasteiger partial charge in [-0.15, -0.1) is 0 Å². The van der Waals surface area contributed by atoms with Crippen LogP contribution in [0.4, 0.5) is 5.69 Å². The number of benzene rings is 1. The van der Waals surface area contributed by atoms with E-state index in [9.17, 15) is 18.0 Å². The van der Waals surface area contributed by atoms with Crippen molar-refractivity contribution in [2.45, 2.75) is 51.1 Å². The van der Waals surface area contributed by atoms with Crippen molar-refractivity contribution in [3.8, 4) is 6.07 Å². The van der Waals surface area contributed by atoms with Gasteiger partial charge in [0.25, 0.3) is 0 Å². The Hall–Kier alpha value is -3.26.